The van der Waals surface area contributed by atoms with Crippen molar-refractivity contribution in [3.05, 3.63) is 0 Å². The van der Waals surface area contributed by atoms with E-state index >= 15 is 0 Å². The first-order chi connectivity index (χ1) is 26.0. The van der Waals surface area contributed by atoms with Gasteiger partial charge >= 0.3 is 0 Å². The zero-order valence-electron chi connectivity index (χ0n) is 30.2. The SMILES string of the molecule is OC[C@H]1OC(O[C@@H]2[C@@H](CO)O[C@](O)(C(O)CCCCCCCCCC(O)[C@@]3(O)O[C@H](CO)[C@@H](OC4O[C@H](CO)[C@H](O)[C@H](O)[C@H]4O)[C@@H]3O)[C@H]2O)[C@H](O)[C@@H](O)[C@H]1O. The Balaban J connectivity index is 1.15. The Kier molecular flexibility index (Phi) is 17.4. The van der Waals surface area contributed by atoms with E-state index in [0.717, 1.165) is 6.42 Å². The zero-order chi connectivity index (χ0) is 40.8. The van der Waals surface area contributed by atoms with Crippen molar-refractivity contribution in [3.8, 4) is 0 Å². The van der Waals surface area contributed by atoms with Gasteiger partial charge < -0.3 is 110 Å². The van der Waals surface area contributed by atoms with Crippen molar-refractivity contribution in [2.75, 3.05) is 26.4 Å². The predicted molar refractivity (Wildman–Crippen MR) is 177 cm³/mol. The topological polar surface area (TPSA) is 379 Å². The molecule has 0 aliphatic carbocycles. The van der Waals surface area contributed by atoms with E-state index < -0.39 is 148 Å². The minimum atomic E-state index is -2.57. The molecule has 16 N–H and O–H groups in total. The van der Waals surface area contributed by atoms with Crippen molar-refractivity contribution in [2.24, 2.45) is 0 Å². The highest BCUT2D eigenvalue weighted by Gasteiger charge is 2.61. The molecule has 324 valence electrons. The molecule has 0 amide bonds. The Morgan fingerprint density at radius 2 is 0.745 bits per heavy atom. The van der Waals surface area contributed by atoms with Crippen LogP contribution in [0.15, 0.2) is 0 Å². The van der Waals surface area contributed by atoms with Crippen molar-refractivity contribution in [3.63, 3.8) is 0 Å². The lowest BCUT2D eigenvalue weighted by Crippen LogP contribution is -2.61. The second-order valence-corrected chi connectivity index (χ2v) is 14.8. The van der Waals surface area contributed by atoms with Crippen molar-refractivity contribution < 1.29 is 110 Å². The van der Waals surface area contributed by atoms with Gasteiger partial charge in [-0.05, 0) is 12.8 Å². The molecule has 22 heteroatoms. The molecule has 4 fully saturated rings. The van der Waals surface area contributed by atoms with E-state index in [1.54, 1.807) is 0 Å². The van der Waals surface area contributed by atoms with Crippen LogP contribution in [-0.2, 0) is 28.4 Å². The number of unbranched alkanes of at least 4 members (excludes halogenated alkanes) is 6. The lowest BCUT2D eigenvalue weighted by atomic mass is 9.94. The van der Waals surface area contributed by atoms with Gasteiger partial charge in [-0.2, -0.15) is 0 Å². The minimum Gasteiger partial charge on any atom is -0.394 e. The highest BCUT2D eigenvalue weighted by atomic mass is 16.8. The summed E-state index contributed by atoms with van der Waals surface area (Å²) in [6.07, 6.45) is -25.5. The molecule has 22 nitrogen and oxygen atoms in total. The van der Waals surface area contributed by atoms with Gasteiger partial charge in [-0.25, -0.2) is 0 Å². The van der Waals surface area contributed by atoms with Crippen LogP contribution in [0.1, 0.15) is 57.8 Å². The van der Waals surface area contributed by atoms with Crippen LogP contribution >= 0.6 is 0 Å². The third-order valence-corrected chi connectivity index (χ3v) is 10.9. The van der Waals surface area contributed by atoms with Crippen molar-refractivity contribution in [1.82, 2.24) is 0 Å². The number of aliphatic hydroxyl groups excluding tert-OH is 14. The molecule has 0 bridgehead atoms. The Bertz CT molecular complexity index is 1050. The average Bonchev–Trinajstić information content (AvgIpc) is 3.58. The molecule has 4 aliphatic heterocycles. The lowest BCUT2D eigenvalue weighted by Gasteiger charge is -2.41. The second kappa shape index (κ2) is 20.4. The van der Waals surface area contributed by atoms with Gasteiger partial charge in [0.1, 0.15) is 97.7 Å². The van der Waals surface area contributed by atoms with E-state index in [-0.39, 0.29) is 12.8 Å². The Hall–Kier alpha value is -0.880. The van der Waals surface area contributed by atoms with Gasteiger partial charge in [-0.15, -0.1) is 0 Å². The van der Waals surface area contributed by atoms with Gasteiger partial charge in [0.2, 0.25) is 11.6 Å². The molecule has 4 unspecified atom stereocenters. The molecule has 0 aromatic carbocycles. The van der Waals surface area contributed by atoms with Crippen LogP contribution in [0.2, 0.25) is 0 Å². The summed E-state index contributed by atoms with van der Waals surface area (Å²) >= 11 is 0. The summed E-state index contributed by atoms with van der Waals surface area (Å²) in [6, 6.07) is 0. The Morgan fingerprint density at radius 1 is 0.436 bits per heavy atom. The van der Waals surface area contributed by atoms with Crippen molar-refractivity contribution >= 4 is 0 Å². The standard InChI is InChI=1S/C33H60O22/c34-10-14-20(40)22(42)24(44)30(50-14)52-26-16(12-36)54-32(48,28(26)46)18(38)8-6-4-2-1-3-5-7-9-19(39)33(49)29(47)27(17(13-37)55-33)53-31-25(45)23(43)21(41)15(11-35)51-31/h14-31,34-49H,1-13H2/t14-,15-,16-,17-,18?,19?,20+,21+,22+,23+,24-,25-,26-,27-,28+,29+,30?,31?,32-,33-/m1/s1. The fourth-order valence-electron chi connectivity index (χ4n) is 7.44. The van der Waals surface area contributed by atoms with E-state index in [4.69, 9.17) is 28.4 Å². The minimum absolute atomic E-state index is 0.0263. The molecule has 20 atom stereocenters. The smallest absolute Gasteiger partial charge is 0.222 e. The highest BCUT2D eigenvalue weighted by molar-refractivity contribution is 5.02. The molecule has 4 saturated heterocycles. The van der Waals surface area contributed by atoms with Crippen LogP contribution in [0.3, 0.4) is 0 Å². The predicted octanol–water partition coefficient (Wildman–Crippen LogP) is -7.53. The van der Waals surface area contributed by atoms with Crippen LogP contribution in [-0.4, -0.2) is 230 Å². The summed E-state index contributed by atoms with van der Waals surface area (Å²) in [5.74, 6) is -5.14. The quantitative estimate of drug-likeness (QED) is 0.0508. The summed E-state index contributed by atoms with van der Waals surface area (Å²) in [4.78, 5) is 0. The molecule has 0 saturated carbocycles. The molecule has 4 heterocycles. The summed E-state index contributed by atoms with van der Waals surface area (Å²) in [6.45, 7) is -3.03. The molecular weight excluding hydrogens is 748 g/mol. The summed E-state index contributed by atoms with van der Waals surface area (Å²) in [5, 5.41) is 164. The number of aliphatic hydroxyl groups is 16. The van der Waals surface area contributed by atoms with E-state index in [0.29, 0.717) is 38.5 Å². The van der Waals surface area contributed by atoms with E-state index in [1.165, 1.54) is 0 Å². The lowest BCUT2D eigenvalue weighted by molar-refractivity contribution is -0.319. The zero-order valence-corrected chi connectivity index (χ0v) is 30.2. The monoisotopic (exact) mass is 808 g/mol. The number of hydrogen-bond donors (Lipinski definition) is 16. The molecule has 4 aliphatic rings. The van der Waals surface area contributed by atoms with Gasteiger partial charge in [-0.1, -0.05) is 44.9 Å². The first-order valence-corrected chi connectivity index (χ1v) is 18.7. The van der Waals surface area contributed by atoms with Gasteiger partial charge in [0, 0.05) is 0 Å². The number of rotatable bonds is 20. The van der Waals surface area contributed by atoms with Gasteiger partial charge in [0.15, 0.2) is 12.6 Å². The van der Waals surface area contributed by atoms with Gasteiger partial charge in [-0.3, -0.25) is 0 Å². The first kappa shape index (κ1) is 46.8. The van der Waals surface area contributed by atoms with Gasteiger partial charge in [0.05, 0.1) is 26.4 Å². The van der Waals surface area contributed by atoms with Gasteiger partial charge in [0.25, 0.3) is 0 Å². The number of hydrogen-bond acceptors (Lipinski definition) is 22. The Morgan fingerprint density at radius 3 is 1.05 bits per heavy atom. The maximum Gasteiger partial charge on any atom is 0.222 e. The first-order valence-electron chi connectivity index (χ1n) is 18.7. The second-order valence-electron chi connectivity index (χ2n) is 14.8. The molecule has 0 aromatic rings. The molecule has 4 rings (SSSR count). The molecule has 55 heavy (non-hydrogen) atoms. The number of ether oxygens (including phenoxy) is 6. The third kappa shape index (κ3) is 10.1. The maximum atomic E-state index is 11.0. The summed E-state index contributed by atoms with van der Waals surface area (Å²) in [7, 11) is 0. The normalized spacial score (nSPS) is 46.3. The van der Waals surface area contributed by atoms with Crippen LogP contribution < -0.4 is 0 Å². The molecular formula is C33H60O22. The largest absolute Gasteiger partial charge is 0.394 e. The summed E-state index contributed by atoms with van der Waals surface area (Å²) in [5.41, 5.74) is 0. The van der Waals surface area contributed by atoms with Crippen molar-refractivity contribution in [2.45, 2.75) is 180 Å². The van der Waals surface area contributed by atoms with Crippen LogP contribution in [0, 0.1) is 0 Å². The highest BCUT2D eigenvalue weighted by Crippen LogP contribution is 2.39. The van der Waals surface area contributed by atoms with Crippen LogP contribution in [0.5, 0.6) is 0 Å². The van der Waals surface area contributed by atoms with Crippen LogP contribution in [0.25, 0.3) is 0 Å². The molecule has 0 aromatic heterocycles. The summed E-state index contributed by atoms with van der Waals surface area (Å²) < 4.78 is 32.4. The molecule has 0 spiro atoms. The van der Waals surface area contributed by atoms with Crippen LogP contribution in [0.4, 0.5) is 0 Å². The fourth-order valence-corrected chi connectivity index (χ4v) is 7.44. The van der Waals surface area contributed by atoms with E-state index in [2.05, 4.69) is 0 Å². The fraction of sp³-hybridized carbons (Fsp3) is 1.00. The molecule has 0 radical (unpaired) electrons. The third-order valence-electron chi connectivity index (χ3n) is 10.9. The van der Waals surface area contributed by atoms with E-state index in [1.807, 2.05) is 0 Å². The van der Waals surface area contributed by atoms with E-state index in [9.17, 15) is 81.7 Å². The maximum absolute atomic E-state index is 11.0. The average molecular weight is 809 g/mol. The Labute approximate surface area is 316 Å². The van der Waals surface area contributed by atoms with Crippen molar-refractivity contribution in [1.29, 1.82) is 0 Å².